The van der Waals surface area contributed by atoms with Gasteiger partial charge in [0.05, 0.1) is 18.8 Å². The molecule has 28 heavy (non-hydrogen) atoms. The highest BCUT2D eigenvalue weighted by Gasteiger charge is 2.18. The van der Waals surface area contributed by atoms with Crippen LogP contribution in [0.15, 0.2) is 35.3 Å². The van der Waals surface area contributed by atoms with Crippen molar-refractivity contribution in [2.75, 3.05) is 44.2 Å². The van der Waals surface area contributed by atoms with Crippen LogP contribution in [0.4, 0.5) is 5.69 Å². The van der Waals surface area contributed by atoms with E-state index in [-0.39, 0.29) is 0 Å². The lowest BCUT2D eigenvalue weighted by Crippen LogP contribution is -2.46. The highest BCUT2D eigenvalue weighted by Crippen LogP contribution is 2.24. The molecule has 1 aromatic carbocycles. The minimum absolute atomic E-state index is 0.681. The molecule has 2 aliphatic heterocycles. The van der Waals surface area contributed by atoms with Crippen LogP contribution in [0.2, 0.25) is 0 Å². The zero-order valence-corrected chi connectivity index (χ0v) is 17.0. The van der Waals surface area contributed by atoms with Crippen LogP contribution in [0.1, 0.15) is 35.2 Å². The van der Waals surface area contributed by atoms with E-state index in [2.05, 4.69) is 51.8 Å². The van der Waals surface area contributed by atoms with Gasteiger partial charge < -0.3 is 9.64 Å². The summed E-state index contributed by atoms with van der Waals surface area (Å²) in [5.41, 5.74) is 6.34. The molecule has 0 atom stereocenters. The Morgan fingerprint density at radius 1 is 1.00 bits per heavy atom. The fourth-order valence-corrected chi connectivity index (χ4v) is 3.95. The third-order valence-corrected chi connectivity index (χ3v) is 5.86. The quantitative estimate of drug-likeness (QED) is 0.690. The lowest BCUT2D eigenvalue weighted by molar-refractivity contribution is 0.236. The molecule has 148 valence electrons. The molecule has 0 amide bonds. The second kappa shape index (κ2) is 8.74. The summed E-state index contributed by atoms with van der Waals surface area (Å²) >= 11 is 0. The highest BCUT2D eigenvalue weighted by atomic mass is 16.5. The van der Waals surface area contributed by atoms with E-state index in [1.807, 2.05) is 18.3 Å². The number of fused-ring (bicyclic) bond motifs is 1. The maximum atomic E-state index is 5.83. The molecule has 0 radical (unpaired) electrons. The Kier molecular flexibility index (Phi) is 5.91. The number of pyridine rings is 1. The summed E-state index contributed by atoms with van der Waals surface area (Å²) in [5.74, 6) is 0.728. The van der Waals surface area contributed by atoms with E-state index in [1.165, 1.54) is 16.8 Å². The fraction of sp³-hybridized carbons (Fsp3) is 0.478. The van der Waals surface area contributed by atoms with E-state index in [1.54, 1.807) is 0 Å². The molecule has 5 heteroatoms. The van der Waals surface area contributed by atoms with E-state index < -0.39 is 0 Å². The van der Waals surface area contributed by atoms with Gasteiger partial charge in [-0.05, 0) is 56.5 Å². The van der Waals surface area contributed by atoms with Crippen LogP contribution in [0.3, 0.4) is 0 Å². The standard InChI is InChI=1S/C23H30N4O/c1-18-6-5-7-22(19(18)2)27-13-11-26(12-14-27)10-3-4-15-28-23-9-8-20-16-24-17-21(20)25-23/h5-9,16H,3-4,10-15,17H2,1-2H3. The molecule has 1 fully saturated rings. The normalized spacial score (nSPS) is 16.4. The maximum Gasteiger partial charge on any atom is 0.213 e. The Morgan fingerprint density at radius 3 is 2.71 bits per heavy atom. The van der Waals surface area contributed by atoms with Crippen molar-refractivity contribution in [3.05, 3.63) is 52.7 Å². The van der Waals surface area contributed by atoms with Gasteiger partial charge in [-0.1, -0.05) is 12.1 Å². The van der Waals surface area contributed by atoms with Crippen molar-refractivity contribution < 1.29 is 4.74 Å². The Bertz CT molecular complexity index is 840. The number of ether oxygens (including phenoxy) is 1. The number of hydrogen-bond acceptors (Lipinski definition) is 5. The number of anilines is 1. The van der Waals surface area contributed by atoms with Gasteiger partial charge in [-0.15, -0.1) is 0 Å². The van der Waals surface area contributed by atoms with Gasteiger partial charge in [0.1, 0.15) is 0 Å². The number of rotatable bonds is 7. The van der Waals surface area contributed by atoms with Gasteiger partial charge in [0, 0.05) is 49.7 Å². The first kappa shape index (κ1) is 18.9. The average Bonchev–Trinajstić information content (AvgIpc) is 3.18. The topological polar surface area (TPSA) is 41.0 Å². The molecule has 0 unspecified atom stereocenters. The van der Waals surface area contributed by atoms with Crippen molar-refractivity contribution in [3.8, 4) is 5.88 Å². The van der Waals surface area contributed by atoms with Crippen LogP contribution >= 0.6 is 0 Å². The summed E-state index contributed by atoms with van der Waals surface area (Å²) in [4.78, 5) is 13.9. The molecule has 1 saturated heterocycles. The highest BCUT2D eigenvalue weighted by molar-refractivity contribution is 5.83. The van der Waals surface area contributed by atoms with E-state index in [0.29, 0.717) is 6.54 Å². The monoisotopic (exact) mass is 378 g/mol. The molecule has 4 rings (SSSR count). The number of aryl methyl sites for hydroxylation is 1. The predicted octanol–water partition coefficient (Wildman–Crippen LogP) is 3.61. The molecule has 0 N–H and O–H groups in total. The molecular formula is C23H30N4O. The Morgan fingerprint density at radius 2 is 1.86 bits per heavy atom. The molecule has 1 aromatic heterocycles. The first-order chi connectivity index (χ1) is 13.7. The molecule has 0 spiro atoms. The van der Waals surface area contributed by atoms with E-state index in [0.717, 1.165) is 69.3 Å². The van der Waals surface area contributed by atoms with E-state index in [9.17, 15) is 0 Å². The van der Waals surface area contributed by atoms with Crippen LogP contribution in [-0.4, -0.2) is 55.4 Å². The SMILES string of the molecule is Cc1cccc(N2CCN(CCCCOc3ccc4c(n3)CN=C4)CC2)c1C. The van der Waals surface area contributed by atoms with E-state index in [4.69, 9.17) is 4.74 Å². The number of nitrogens with zero attached hydrogens (tertiary/aromatic N) is 4. The molecule has 5 nitrogen and oxygen atoms in total. The number of hydrogen-bond donors (Lipinski definition) is 0. The van der Waals surface area contributed by atoms with Gasteiger partial charge in [-0.2, -0.15) is 0 Å². The van der Waals surface area contributed by atoms with Gasteiger partial charge in [0.2, 0.25) is 5.88 Å². The lowest BCUT2D eigenvalue weighted by Gasteiger charge is -2.37. The molecular weight excluding hydrogens is 348 g/mol. The van der Waals surface area contributed by atoms with E-state index >= 15 is 0 Å². The number of benzene rings is 1. The van der Waals surface area contributed by atoms with Crippen molar-refractivity contribution in [2.45, 2.75) is 33.2 Å². The summed E-state index contributed by atoms with van der Waals surface area (Å²) in [6.07, 6.45) is 4.11. The smallest absolute Gasteiger partial charge is 0.213 e. The number of aliphatic imine (C=N–C) groups is 1. The molecule has 3 heterocycles. The summed E-state index contributed by atoms with van der Waals surface area (Å²) in [6, 6.07) is 10.6. The summed E-state index contributed by atoms with van der Waals surface area (Å²) < 4.78 is 5.83. The van der Waals surface area contributed by atoms with Crippen molar-refractivity contribution in [1.82, 2.24) is 9.88 Å². The zero-order valence-electron chi connectivity index (χ0n) is 17.0. The Hall–Kier alpha value is -2.40. The first-order valence-electron chi connectivity index (χ1n) is 10.4. The summed E-state index contributed by atoms with van der Waals surface area (Å²) in [5, 5.41) is 0. The zero-order chi connectivity index (χ0) is 19.3. The van der Waals surface area contributed by atoms with Crippen LogP contribution in [0.5, 0.6) is 5.88 Å². The van der Waals surface area contributed by atoms with Crippen molar-refractivity contribution in [3.63, 3.8) is 0 Å². The van der Waals surface area contributed by atoms with Crippen LogP contribution in [0, 0.1) is 13.8 Å². The largest absolute Gasteiger partial charge is 0.478 e. The first-order valence-corrected chi connectivity index (χ1v) is 10.4. The predicted molar refractivity (Wildman–Crippen MR) is 115 cm³/mol. The van der Waals surface area contributed by atoms with Crippen molar-refractivity contribution in [2.24, 2.45) is 4.99 Å². The minimum Gasteiger partial charge on any atom is -0.478 e. The van der Waals surface area contributed by atoms with Gasteiger partial charge >= 0.3 is 0 Å². The Labute approximate surface area is 168 Å². The summed E-state index contributed by atoms with van der Waals surface area (Å²) in [7, 11) is 0. The van der Waals surface area contributed by atoms with Crippen LogP contribution in [0.25, 0.3) is 0 Å². The van der Waals surface area contributed by atoms with Crippen LogP contribution < -0.4 is 9.64 Å². The number of unbranched alkanes of at least 4 members (excludes halogenated alkanes) is 1. The maximum absolute atomic E-state index is 5.83. The molecule has 0 bridgehead atoms. The average molecular weight is 379 g/mol. The van der Waals surface area contributed by atoms with Gasteiger partial charge in [0.25, 0.3) is 0 Å². The third-order valence-electron chi connectivity index (χ3n) is 5.86. The van der Waals surface area contributed by atoms with Gasteiger partial charge in [-0.3, -0.25) is 9.89 Å². The summed E-state index contributed by atoms with van der Waals surface area (Å²) in [6.45, 7) is 11.5. The van der Waals surface area contributed by atoms with Gasteiger partial charge in [-0.25, -0.2) is 4.98 Å². The second-order valence-electron chi connectivity index (χ2n) is 7.76. The van der Waals surface area contributed by atoms with Crippen molar-refractivity contribution in [1.29, 1.82) is 0 Å². The fourth-order valence-electron chi connectivity index (χ4n) is 3.95. The minimum atomic E-state index is 0.681. The molecule has 0 aliphatic carbocycles. The molecule has 0 saturated carbocycles. The number of aromatic nitrogens is 1. The molecule has 2 aromatic rings. The van der Waals surface area contributed by atoms with Crippen molar-refractivity contribution >= 4 is 11.9 Å². The lowest BCUT2D eigenvalue weighted by atomic mass is 10.1. The van der Waals surface area contributed by atoms with Crippen LogP contribution in [-0.2, 0) is 6.54 Å². The second-order valence-corrected chi connectivity index (χ2v) is 7.76. The molecule has 2 aliphatic rings. The third kappa shape index (κ3) is 4.36. The number of piperazine rings is 1. The van der Waals surface area contributed by atoms with Gasteiger partial charge in [0.15, 0.2) is 0 Å². The Balaban J connectivity index is 1.15.